The van der Waals surface area contributed by atoms with E-state index in [-0.39, 0.29) is 11.8 Å². The van der Waals surface area contributed by atoms with Gasteiger partial charge >= 0.3 is 0 Å². The topological polar surface area (TPSA) is 111 Å². The van der Waals surface area contributed by atoms with Crippen molar-refractivity contribution in [3.8, 4) is 69.0 Å². The summed E-state index contributed by atoms with van der Waals surface area (Å²) >= 11 is 0. The van der Waals surface area contributed by atoms with Crippen LogP contribution >= 0.6 is 0 Å². The Morgan fingerprint density at radius 3 is 1.09 bits per heavy atom. The van der Waals surface area contributed by atoms with Crippen LogP contribution in [0.4, 0.5) is 0 Å². The van der Waals surface area contributed by atoms with E-state index in [1.807, 2.05) is 36.4 Å². The molecule has 0 fully saturated rings. The molecule has 0 bridgehead atoms. The summed E-state index contributed by atoms with van der Waals surface area (Å²) in [6, 6.07) is 33.7. The summed E-state index contributed by atoms with van der Waals surface area (Å²) in [7, 11) is 19.9. The number of ether oxygens (including phenoxy) is 12. The molecule has 6 aromatic rings. The Morgan fingerprint density at radius 1 is 0.286 bits per heavy atom. The lowest BCUT2D eigenvalue weighted by atomic mass is 9.75. The molecule has 0 N–H and O–H groups in total. The van der Waals surface area contributed by atoms with Crippen LogP contribution in [-0.4, -0.2) is 85.3 Å². The predicted molar refractivity (Wildman–Crippen MR) is 274 cm³/mol. The molecule has 0 aliphatic heterocycles. The standard InChI is InChI=1S/C58H70O12/c1-59-47-25-18-37(29-51(47)63-5)13-23-44(27-38-14-19-42(49(30-38)61-3)21-16-40-32-53(65-7)57(69-11)54(33-40)66-8)46(45-24-26-48(60-2)52(36-45)64-6)28-39-15-20-43(50(31-39)62-4)22-17-41-34-55(67-9)58(70-12)56(35-41)68-10/h14-15,18-20,24-26,29-36,44,46H,13,16-17,21-23,27-28H2,1-12H3/t44-,46-/m0/s1. The molecule has 0 spiro atoms. The Morgan fingerprint density at radius 2 is 0.657 bits per heavy atom. The van der Waals surface area contributed by atoms with Crippen LogP contribution in [0.25, 0.3) is 0 Å². The highest BCUT2D eigenvalue weighted by atomic mass is 16.5. The van der Waals surface area contributed by atoms with E-state index in [0.717, 1.165) is 102 Å². The Hall–Kier alpha value is -7.08. The van der Waals surface area contributed by atoms with Crippen LogP contribution in [0, 0.1) is 5.92 Å². The van der Waals surface area contributed by atoms with Crippen molar-refractivity contribution in [2.45, 2.75) is 57.3 Å². The minimum atomic E-state index is 0.0421. The molecule has 2 atom stereocenters. The third-order valence-corrected chi connectivity index (χ3v) is 13.1. The van der Waals surface area contributed by atoms with Crippen LogP contribution in [0.3, 0.4) is 0 Å². The highest BCUT2D eigenvalue weighted by Crippen LogP contribution is 2.43. The zero-order valence-corrected chi connectivity index (χ0v) is 42.9. The monoisotopic (exact) mass is 958 g/mol. The van der Waals surface area contributed by atoms with Gasteiger partial charge in [0.2, 0.25) is 11.5 Å². The van der Waals surface area contributed by atoms with Gasteiger partial charge < -0.3 is 56.8 Å². The molecule has 6 rings (SSSR count). The van der Waals surface area contributed by atoms with E-state index in [4.69, 9.17) is 56.8 Å². The molecular weight excluding hydrogens is 889 g/mol. The van der Waals surface area contributed by atoms with E-state index in [1.165, 1.54) is 5.56 Å². The molecule has 0 amide bonds. The molecule has 12 heteroatoms. The summed E-state index contributed by atoms with van der Waals surface area (Å²) in [4.78, 5) is 0. The Labute approximate surface area is 414 Å². The fourth-order valence-corrected chi connectivity index (χ4v) is 9.39. The maximum Gasteiger partial charge on any atom is 0.203 e. The quantitative estimate of drug-likeness (QED) is 0.0490. The van der Waals surface area contributed by atoms with Crippen LogP contribution in [0.1, 0.15) is 56.8 Å². The second-order valence-electron chi connectivity index (χ2n) is 17.0. The van der Waals surface area contributed by atoms with Crippen molar-refractivity contribution in [3.05, 3.63) is 142 Å². The van der Waals surface area contributed by atoms with Crippen molar-refractivity contribution in [1.29, 1.82) is 0 Å². The molecule has 0 saturated heterocycles. The molecule has 0 aromatic heterocycles. The van der Waals surface area contributed by atoms with Gasteiger partial charge in [0.1, 0.15) is 11.5 Å². The van der Waals surface area contributed by atoms with Crippen molar-refractivity contribution >= 4 is 0 Å². The molecule has 0 aliphatic rings. The van der Waals surface area contributed by atoms with Crippen LogP contribution in [0.5, 0.6) is 69.0 Å². The summed E-state index contributed by atoms with van der Waals surface area (Å²) in [5.41, 5.74) is 8.98. The molecule has 6 aromatic carbocycles. The Balaban J connectivity index is 1.36. The number of methoxy groups -OCH3 is 12. The van der Waals surface area contributed by atoms with E-state index < -0.39 is 0 Å². The first-order valence-corrected chi connectivity index (χ1v) is 23.4. The number of rotatable bonds is 27. The first kappa shape index (κ1) is 52.3. The highest BCUT2D eigenvalue weighted by molar-refractivity contribution is 5.55. The molecule has 374 valence electrons. The molecule has 0 heterocycles. The Kier molecular flexibility index (Phi) is 19.1. The first-order valence-electron chi connectivity index (χ1n) is 23.4. The molecule has 0 unspecified atom stereocenters. The molecule has 12 nitrogen and oxygen atoms in total. The lowest BCUT2D eigenvalue weighted by molar-refractivity contribution is 0.323. The van der Waals surface area contributed by atoms with Gasteiger partial charge in [-0.05, 0) is 168 Å². The number of aryl methyl sites for hydroxylation is 5. The van der Waals surface area contributed by atoms with Gasteiger partial charge in [0.25, 0.3) is 0 Å². The molecular formula is C58H70O12. The lowest BCUT2D eigenvalue weighted by Gasteiger charge is -2.30. The van der Waals surface area contributed by atoms with Gasteiger partial charge in [-0.25, -0.2) is 0 Å². The summed E-state index contributed by atoms with van der Waals surface area (Å²) in [5, 5.41) is 0. The van der Waals surface area contributed by atoms with E-state index >= 15 is 0 Å². The van der Waals surface area contributed by atoms with Gasteiger partial charge in [-0.3, -0.25) is 0 Å². The van der Waals surface area contributed by atoms with Crippen molar-refractivity contribution in [2.24, 2.45) is 5.92 Å². The van der Waals surface area contributed by atoms with Gasteiger partial charge in [-0.1, -0.05) is 36.4 Å². The summed E-state index contributed by atoms with van der Waals surface area (Å²) in [6.45, 7) is 0. The number of benzene rings is 6. The van der Waals surface area contributed by atoms with Crippen molar-refractivity contribution in [1.82, 2.24) is 0 Å². The van der Waals surface area contributed by atoms with Gasteiger partial charge in [-0.15, -0.1) is 0 Å². The third kappa shape index (κ3) is 12.6. The smallest absolute Gasteiger partial charge is 0.203 e. The van der Waals surface area contributed by atoms with E-state index in [0.29, 0.717) is 57.5 Å². The fourth-order valence-electron chi connectivity index (χ4n) is 9.39. The number of hydrogen-bond donors (Lipinski definition) is 0. The predicted octanol–water partition coefficient (Wildman–Crippen LogP) is 11.2. The number of hydrogen-bond acceptors (Lipinski definition) is 12. The van der Waals surface area contributed by atoms with Crippen LogP contribution < -0.4 is 56.8 Å². The van der Waals surface area contributed by atoms with Crippen LogP contribution in [0.2, 0.25) is 0 Å². The summed E-state index contributed by atoms with van der Waals surface area (Å²) < 4.78 is 68.9. The van der Waals surface area contributed by atoms with Gasteiger partial charge in [0.15, 0.2) is 46.0 Å². The molecule has 0 radical (unpaired) electrons. The van der Waals surface area contributed by atoms with Crippen molar-refractivity contribution in [2.75, 3.05) is 85.3 Å². The highest BCUT2D eigenvalue weighted by Gasteiger charge is 2.27. The second-order valence-corrected chi connectivity index (χ2v) is 17.0. The maximum absolute atomic E-state index is 6.12. The maximum atomic E-state index is 6.12. The molecule has 0 saturated carbocycles. The van der Waals surface area contributed by atoms with Gasteiger partial charge in [0, 0.05) is 0 Å². The van der Waals surface area contributed by atoms with E-state index in [1.54, 1.807) is 85.3 Å². The fraction of sp³-hybridized carbons (Fsp3) is 0.379. The molecule has 0 aliphatic carbocycles. The first-order chi connectivity index (χ1) is 34.1. The zero-order valence-electron chi connectivity index (χ0n) is 42.9. The van der Waals surface area contributed by atoms with Gasteiger partial charge in [0.05, 0.1) is 85.3 Å². The normalized spacial score (nSPS) is 11.8. The Bertz CT molecular complexity index is 2590. The zero-order chi connectivity index (χ0) is 50.2. The lowest BCUT2D eigenvalue weighted by Crippen LogP contribution is -2.20. The largest absolute Gasteiger partial charge is 0.496 e. The van der Waals surface area contributed by atoms with E-state index in [2.05, 4.69) is 60.7 Å². The third-order valence-electron chi connectivity index (χ3n) is 13.1. The summed E-state index contributed by atoms with van der Waals surface area (Å²) in [5.74, 6) is 8.29. The van der Waals surface area contributed by atoms with Gasteiger partial charge in [-0.2, -0.15) is 0 Å². The minimum absolute atomic E-state index is 0.0421. The van der Waals surface area contributed by atoms with Crippen molar-refractivity contribution < 1.29 is 56.8 Å². The van der Waals surface area contributed by atoms with Crippen LogP contribution in [-0.2, 0) is 44.9 Å². The summed E-state index contributed by atoms with van der Waals surface area (Å²) in [6.07, 6.45) is 6.17. The average molecular weight is 959 g/mol. The SMILES string of the molecule is COc1cc(C[C@H](CCc2ccc(OC)c(OC)c2)[C@H](Cc2ccc(CCc3cc(OC)c(OC)c(OC)c3)c(OC)c2)c2ccc(OC)c(OC)c2)ccc1CCc1cc(OC)c(OC)c(OC)c1. The minimum Gasteiger partial charge on any atom is -0.496 e. The van der Waals surface area contributed by atoms with Crippen molar-refractivity contribution in [3.63, 3.8) is 0 Å². The second kappa shape index (κ2) is 25.5. The average Bonchev–Trinajstić information content (AvgIpc) is 3.41. The molecule has 70 heavy (non-hydrogen) atoms. The van der Waals surface area contributed by atoms with E-state index in [9.17, 15) is 0 Å². The van der Waals surface area contributed by atoms with Crippen LogP contribution in [0.15, 0.2) is 97.1 Å².